The van der Waals surface area contributed by atoms with Crippen LogP contribution in [0.1, 0.15) is 18.4 Å². The number of hydrogen-bond donors (Lipinski definition) is 8. The second-order valence-corrected chi connectivity index (χ2v) is 6.57. The molecule has 0 aliphatic heterocycles. The number of rotatable bonds is 12. The number of aliphatic hydroxyl groups excluding tert-OH is 1. The molecular formula is C18H28N6O6. The van der Waals surface area contributed by atoms with Gasteiger partial charge in [0.05, 0.1) is 6.61 Å². The van der Waals surface area contributed by atoms with Crippen molar-refractivity contribution in [1.29, 1.82) is 0 Å². The van der Waals surface area contributed by atoms with Crippen LogP contribution in [0.5, 0.6) is 5.75 Å². The summed E-state index contributed by atoms with van der Waals surface area (Å²) < 4.78 is 0. The molecule has 0 fully saturated rings. The Labute approximate surface area is 173 Å². The lowest BCUT2D eigenvalue weighted by Gasteiger charge is -2.22. The van der Waals surface area contributed by atoms with Gasteiger partial charge in [0.1, 0.15) is 23.9 Å². The van der Waals surface area contributed by atoms with Crippen LogP contribution in [-0.4, -0.2) is 70.3 Å². The molecule has 0 heterocycles. The van der Waals surface area contributed by atoms with Gasteiger partial charge in [0.25, 0.3) is 0 Å². The fraction of sp³-hybridized carbons (Fsp3) is 0.444. The first kappa shape index (κ1) is 24.7. The summed E-state index contributed by atoms with van der Waals surface area (Å²) in [6.07, 6.45) is 0.379. The Morgan fingerprint density at radius 1 is 1.03 bits per heavy atom. The molecule has 0 unspecified atom stereocenters. The minimum atomic E-state index is -1.25. The van der Waals surface area contributed by atoms with Crippen LogP contribution in [0, 0.1) is 0 Å². The minimum absolute atomic E-state index is 0.0103. The smallest absolute Gasteiger partial charge is 0.326 e. The maximum atomic E-state index is 12.7. The molecular weight excluding hydrogens is 396 g/mol. The van der Waals surface area contributed by atoms with E-state index in [1.54, 1.807) is 12.1 Å². The Balaban J connectivity index is 2.89. The molecule has 12 heteroatoms. The van der Waals surface area contributed by atoms with Gasteiger partial charge in [-0.15, -0.1) is 0 Å². The van der Waals surface area contributed by atoms with Gasteiger partial charge in [-0.2, -0.15) is 0 Å². The monoisotopic (exact) mass is 424 g/mol. The van der Waals surface area contributed by atoms with E-state index in [1.165, 1.54) is 12.1 Å². The van der Waals surface area contributed by atoms with Gasteiger partial charge in [-0.05, 0) is 30.5 Å². The van der Waals surface area contributed by atoms with Gasteiger partial charge in [-0.1, -0.05) is 12.1 Å². The molecule has 1 rings (SSSR count). The zero-order valence-electron chi connectivity index (χ0n) is 16.3. The van der Waals surface area contributed by atoms with Gasteiger partial charge >= 0.3 is 5.97 Å². The van der Waals surface area contributed by atoms with Crippen molar-refractivity contribution in [2.24, 2.45) is 22.2 Å². The molecule has 0 aliphatic carbocycles. The second kappa shape index (κ2) is 12.2. The topological polar surface area (TPSA) is 226 Å². The lowest BCUT2D eigenvalue weighted by atomic mass is 10.0. The van der Waals surface area contributed by atoms with Gasteiger partial charge in [0, 0.05) is 13.0 Å². The van der Waals surface area contributed by atoms with Gasteiger partial charge in [-0.25, -0.2) is 4.79 Å². The number of carboxylic acid groups (broad SMARTS) is 1. The Bertz CT molecular complexity index is 750. The van der Waals surface area contributed by atoms with E-state index < -0.39 is 42.5 Å². The average molecular weight is 424 g/mol. The van der Waals surface area contributed by atoms with E-state index >= 15 is 0 Å². The van der Waals surface area contributed by atoms with Crippen molar-refractivity contribution < 1.29 is 29.7 Å². The number of aliphatic imine (C=N–C) groups is 1. The van der Waals surface area contributed by atoms with E-state index in [0.717, 1.165) is 0 Å². The summed E-state index contributed by atoms with van der Waals surface area (Å²) in [5.41, 5.74) is 16.5. The van der Waals surface area contributed by atoms with E-state index in [9.17, 15) is 24.6 Å². The van der Waals surface area contributed by atoms with Crippen LogP contribution in [0.15, 0.2) is 29.3 Å². The SMILES string of the molecule is NC(N)=NCCC[C@H](NC(=O)[C@H](Cc1ccc(O)cc1)NC(=O)[C@@H](N)CO)C(=O)O. The summed E-state index contributed by atoms with van der Waals surface area (Å²) in [6.45, 7) is -0.428. The number of aliphatic carboxylic acids is 1. The number of amides is 2. The maximum Gasteiger partial charge on any atom is 0.326 e. The average Bonchev–Trinajstić information content (AvgIpc) is 2.69. The zero-order chi connectivity index (χ0) is 22.7. The summed E-state index contributed by atoms with van der Waals surface area (Å²) in [6, 6.07) is 2.31. The van der Waals surface area contributed by atoms with Crippen LogP contribution in [0.3, 0.4) is 0 Å². The number of guanidine groups is 1. The highest BCUT2D eigenvalue weighted by Crippen LogP contribution is 2.12. The molecule has 3 atom stereocenters. The summed E-state index contributed by atoms with van der Waals surface area (Å²) >= 11 is 0. The fourth-order valence-corrected chi connectivity index (χ4v) is 2.47. The van der Waals surface area contributed by atoms with E-state index in [4.69, 9.17) is 22.3 Å². The molecule has 0 saturated heterocycles. The normalized spacial score (nSPS) is 13.5. The molecule has 0 aliphatic rings. The standard InChI is InChI=1S/C18H28N6O6/c19-12(9-25)15(27)24-14(8-10-3-5-11(26)6-4-10)16(28)23-13(17(29)30)2-1-7-22-18(20)21/h3-6,12-14,25-26H,1-2,7-9,19H2,(H,23,28)(H,24,27)(H,29,30)(H4,20,21,22)/t12-,13-,14-/m0/s1. The summed E-state index contributed by atoms with van der Waals surface area (Å²) in [5.74, 6) is -2.86. The molecule has 0 spiro atoms. The second-order valence-electron chi connectivity index (χ2n) is 6.57. The number of benzene rings is 1. The summed E-state index contributed by atoms with van der Waals surface area (Å²) in [4.78, 5) is 40.0. The zero-order valence-corrected chi connectivity index (χ0v) is 16.3. The van der Waals surface area contributed by atoms with Crippen molar-refractivity contribution in [3.8, 4) is 5.75 Å². The molecule has 0 radical (unpaired) electrons. The predicted molar refractivity (Wildman–Crippen MR) is 108 cm³/mol. The van der Waals surface area contributed by atoms with Crippen LogP contribution in [0.25, 0.3) is 0 Å². The number of hydrogen-bond acceptors (Lipinski definition) is 7. The van der Waals surface area contributed by atoms with Gasteiger partial charge in [0.15, 0.2) is 5.96 Å². The van der Waals surface area contributed by atoms with Crippen molar-refractivity contribution >= 4 is 23.7 Å². The number of carbonyl (C=O) groups excluding carboxylic acids is 2. The molecule has 166 valence electrons. The Kier molecular flexibility index (Phi) is 10.1. The molecule has 1 aromatic rings. The minimum Gasteiger partial charge on any atom is -0.508 e. The third-order valence-electron chi connectivity index (χ3n) is 4.10. The maximum absolute atomic E-state index is 12.7. The number of aromatic hydroxyl groups is 1. The number of nitrogens with zero attached hydrogens (tertiary/aromatic N) is 1. The quantitative estimate of drug-likeness (QED) is 0.0995. The molecule has 2 amide bonds. The van der Waals surface area contributed by atoms with Gasteiger partial charge < -0.3 is 43.2 Å². The molecule has 1 aromatic carbocycles. The van der Waals surface area contributed by atoms with Crippen LogP contribution in [0.2, 0.25) is 0 Å². The third kappa shape index (κ3) is 8.75. The van der Waals surface area contributed by atoms with Crippen molar-refractivity contribution in [3.05, 3.63) is 29.8 Å². The number of carboxylic acids is 1. The van der Waals surface area contributed by atoms with Crippen LogP contribution < -0.4 is 27.8 Å². The van der Waals surface area contributed by atoms with Gasteiger partial charge in [0.2, 0.25) is 11.8 Å². The van der Waals surface area contributed by atoms with Crippen molar-refractivity contribution in [2.75, 3.05) is 13.2 Å². The first-order valence-corrected chi connectivity index (χ1v) is 9.17. The first-order chi connectivity index (χ1) is 14.1. The molecule has 12 nitrogen and oxygen atoms in total. The number of nitrogens with one attached hydrogen (secondary N) is 2. The first-order valence-electron chi connectivity index (χ1n) is 9.17. The van der Waals surface area contributed by atoms with E-state index in [-0.39, 0.29) is 31.1 Å². The Morgan fingerprint density at radius 3 is 2.17 bits per heavy atom. The molecule has 30 heavy (non-hydrogen) atoms. The van der Waals surface area contributed by atoms with E-state index in [2.05, 4.69) is 15.6 Å². The molecule has 0 bridgehead atoms. The third-order valence-corrected chi connectivity index (χ3v) is 4.10. The summed E-state index contributed by atoms with van der Waals surface area (Å²) in [7, 11) is 0. The number of carbonyl (C=O) groups is 3. The van der Waals surface area contributed by atoms with Crippen LogP contribution >= 0.6 is 0 Å². The highest BCUT2D eigenvalue weighted by Gasteiger charge is 2.28. The molecule has 0 saturated carbocycles. The fourth-order valence-electron chi connectivity index (χ4n) is 2.47. The van der Waals surface area contributed by atoms with Crippen LogP contribution in [0.4, 0.5) is 0 Å². The van der Waals surface area contributed by atoms with Crippen molar-refractivity contribution in [3.63, 3.8) is 0 Å². The number of nitrogens with two attached hydrogens (primary N) is 3. The van der Waals surface area contributed by atoms with Crippen molar-refractivity contribution in [1.82, 2.24) is 10.6 Å². The number of aliphatic hydroxyl groups is 1. The molecule has 11 N–H and O–H groups in total. The van der Waals surface area contributed by atoms with Gasteiger partial charge in [-0.3, -0.25) is 14.6 Å². The highest BCUT2D eigenvalue weighted by atomic mass is 16.4. The van der Waals surface area contributed by atoms with E-state index in [0.29, 0.717) is 12.0 Å². The van der Waals surface area contributed by atoms with Crippen molar-refractivity contribution in [2.45, 2.75) is 37.4 Å². The highest BCUT2D eigenvalue weighted by molar-refractivity contribution is 5.92. The predicted octanol–water partition coefficient (Wildman–Crippen LogP) is -2.64. The summed E-state index contributed by atoms with van der Waals surface area (Å²) in [5, 5.41) is 32.6. The lowest BCUT2D eigenvalue weighted by Crippen LogP contribution is -2.55. The largest absolute Gasteiger partial charge is 0.508 e. The van der Waals surface area contributed by atoms with Crippen LogP contribution in [-0.2, 0) is 20.8 Å². The Morgan fingerprint density at radius 2 is 1.63 bits per heavy atom. The molecule has 0 aromatic heterocycles. The number of phenols is 1. The lowest BCUT2D eigenvalue weighted by molar-refractivity contribution is -0.142. The van der Waals surface area contributed by atoms with E-state index in [1.807, 2.05) is 0 Å². The Hall–Kier alpha value is -3.38. The number of phenolic OH excluding ortho intramolecular Hbond substituents is 1.